The lowest BCUT2D eigenvalue weighted by Gasteiger charge is -2.61. The molecule has 0 spiro atoms. The Kier molecular flexibility index (Phi) is 5.32. The summed E-state index contributed by atoms with van der Waals surface area (Å²) in [6.45, 7) is 2.92. The topological polar surface area (TPSA) is 128 Å². The highest BCUT2D eigenvalue weighted by Gasteiger charge is 2.61. The molecular formula is C22H30FN3O5S. The van der Waals surface area contributed by atoms with Gasteiger partial charge in [0.1, 0.15) is 5.54 Å². The fraction of sp³-hybridized carbons (Fsp3) is 0.636. The van der Waals surface area contributed by atoms with Crippen LogP contribution >= 0.6 is 0 Å². The van der Waals surface area contributed by atoms with Crippen LogP contribution in [-0.2, 0) is 19.6 Å². The number of carbonyl (C=O) groups excluding carboxylic acids is 2. The van der Waals surface area contributed by atoms with E-state index in [4.69, 9.17) is 10.5 Å². The van der Waals surface area contributed by atoms with E-state index in [0.717, 1.165) is 38.2 Å². The van der Waals surface area contributed by atoms with E-state index in [1.165, 1.54) is 33.1 Å². The van der Waals surface area contributed by atoms with E-state index in [-0.39, 0.29) is 16.6 Å². The lowest BCUT2D eigenvalue weighted by Crippen LogP contribution is -2.68. The second kappa shape index (κ2) is 7.41. The molecule has 1 aromatic carbocycles. The van der Waals surface area contributed by atoms with E-state index in [1.54, 1.807) is 0 Å². The van der Waals surface area contributed by atoms with Crippen LogP contribution in [0.3, 0.4) is 0 Å². The van der Waals surface area contributed by atoms with Crippen molar-refractivity contribution in [2.45, 2.75) is 68.3 Å². The van der Waals surface area contributed by atoms with Crippen molar-refractivity contribution in [3.8, 4) is 5.75 Å². The molecular weight excluding hydrogens is 437 g/mol. The molecule has 8 nitrogen and oxygen atoms in total. The van der Waals surface area contributed by atoms with Gasteiger partial charge in [0.2, 0.25) is 21.8 Å². The number of rotatable bonds is 7. The molecule has 4 aliphatic carbocycles. The molecule has 2 amide bonds. The minimum Gasteiger partial charge on any atom is -0.494 e. The summed E-state index contributed by atoms with van der Waals surface area (Å²) in [5.74, 6) is -1.05. The Labute approximate surface area is 187 Å². The van der Waals surface area contributed by atoms with Crippen molar-refractivity contribution in [3.05, 3.63) is 24.0 Å². The summed E-state index contributed by atoms with van der Waals surface area (Å²) in [6, 6.07) is 3.29. The fourth-order valence-electron chi connectivity index (χ4n) is 6.35. The van der Waals surface area contributed by atoms with Crippen molar-refractivity contribution in [1.82, 2.24) is 10.0 Å². The van der Waals surface area contributed by atoms with Crippen LogP contribution < -0.4 is 20.5 Å². The molecule has 2 unspecified atom stereocenters. The van der Waals surface area contributed by atoms with E-state index < -0.39 is 38.2 Å². The van der Waals surface area contributed by atoms with Crippen LogP contribution in [0.2, 0.25) is 0 Å². The standard InChI is InChI=1S/C22H30FN3O5S/c1-20(2,26-32(29,30)15-4-5-17(31-3)16(23)7-15)19(28)25-22-10-13-6-14(11-22)9-21(8-13,12-22)18(24)27/h4-5,7,13-14,26H,6,8-12H2,1-3H3,(H2,24,27)(H,25,28). The van der Waals surface area contributed by atoms with Crippen molar-refractivity contribution >= 4 is 21.8 Å². The number of hydrogen-bond acceptors (Lipinski definition) is 5. The highest BCUT2D eigenvalue weighted by molar-refractivity contribution is 7.89. The highest BCUT2D eigenvalue weighted by Crippen LogP contribution is 2.61. The minimum absolute atomic E-state index is 0.0776. The Morgan fingerprint density at radius 3 is 2.34 bits per heavy atom. The Bertz CT molecular complexity index is 1060. The summed E-state index contributed by atoms with van der Waals surface area (Å²) in [6.07, 6.45) is 4.56. The monoisotopic (exact) mass is 467 g/mol. The minimum atomic E-state index is -4.18. The van der Waals surface area contributed by atoms with Gasteiger partial charge < -0.3 is 15.8 Å². The quantitative estimate of drug-likeness (QED) is 0.564. The zero-order valence-electron chi connectivity index (χ0n) is 18.5. The average molecular weight is 468 g/mol. The van der Waals surface area contributed by atoms with Crippen LogP contribution in [0.5, 0.6) is 5.75 Å². The van der Waals surface area contributed by atoms with E-state index in [2.05, 4.69) is 10.0 Å². The van der Waals surface area contributed by atoms with Crippen LogP contribution in [0.1, 0.15) is 52.4 Å². The molecule has 2 atom stereocenters. The third-order valence-electron chi connectivity index (χ3n) is 7.35. The smallest absolute Gasteiger partial charge is 0.241 e. The number of halogens is 1. The Morgan fingerprint density at radius 1 is 1.19 bits per heavy atom. The van der Waals surface area contributed by atoms with Gasteiger partial charge in [-0.1, -0.05) is 0 Å². The summed E-state index contributed by atoms with van der Waals surface area (Å²) in [7, 11) is -2.90. The van der Waals surface area contributed by atoms with E-state index in [1.807, 2.05) is 0 Å². The van der Waals surface area contributed by atoms with Crippen LogP contribution in [0.25, 0.3) is 0 Å². The number of nitrogens with one attached hydrogen (secondary N) is 2. The molecule has 0 radical (unpaired) electrons. The van der Waals surface area contributed by atoms with Crippen LogP contribution in [0, 0.1) is 23.1 Å². The van der Waals surface area contributed by atoms with Crippen molar-refractivity contribution in [1.29, 1.82) is 0 Å². The Morgan fingerprint density at radius 2 is 1.81 bits per heavy atom. The molecule has 10 heteroatoms. The number of hydrogen-bond donors (Lipinski definition) is 3. The molecule has 5 rings (SSSR count). The number of methoxy groups -OCH3 is 1. The van der Waals surface area contributed by atoms with Crippen molar-refractivity contribution < 1.29 is 27.1 Å². The lowest BCUT2D eigenvalue weighted by atomic mass is 9.46. The van der Waals surface area contributed by atoms with Crippen LogP contribution in [-0.4, -0.2) is 38.4 Å². The molecule has 1 aromatic rings. The van der Waals surface area contributed by atoms with Crippen molar-refractivity contribution in [2.24, 2.45) is 23.0 Å². The number of primary amides is 1. The molecule has 0 heterocycles. The molecule has 4 N–H and O–H groups in total. The van der Waals surface area contributed by atoms with Gasteiger partial charge in [-0.3, -0.25) is 9.59 Å². The molecule has 4 bridgehead atoms. The summed E-state index contributed by atoms with van der Waals surface area (Å²) >= 11 is 0. The van der Waals surface area contributed by atoms with E-state index >= 15 is 0 Å². The van der Waals surface area contributed by atoms with Gasteiger partial charge in [0, 0.05) is 5.54 Å². The molecule has 0 aliphatic heterocycles. The van der Waals surface area contributed by atoms with Crippen LogP contribution in [0.15, 0.2) is 23.1 Å². The normalized spacial score (nSPS) is 31.4. The second-order valence-electron chi connectivity index (χ2n) is 10.4. The third kappa shape index (κ3) is 3.87. The molecule has 4 fully saturated rings. The highest BCUT2D eigenvalue weighted by atomic mass is 32.2. The summed E-state index contributed by atoms with van der Waals surface area (Å²) in [5.41, 5.74) is 3.10. The van der Waals surface area contributed by atoms with Gasteiger partial charge in [0.15, 0.2) is 11.6 Å². The number of benzene rings is 1. The molecule has 176 valence electrons. The molecule has 0 saturated heterocycles. The molecule has 4 aliphatic rings. The second-order valence-corrected chi connectivity index (χ2v) is 12.0. The Hall–Kier alpha value is -2.20. The summed E-state index contributed by atoms with van der Waals surface area (Å²) in [5, 5.41) is 3.08. The van der Waals surface area contributed by atoms with Gasteiger partial charge in [-0.2, -0.15) is 4.72 Å². The SMILES string of the molecule is COc1ccc(S(=O)(=O)NC(C)(C)C(=O)NC23CC4CC(C2)CC(C(N)=O)(C4)C3)cc1F. The van der Waals surface area contributed by atoms with Crippen molar-refractivity contribution in [3.63, 3.8) is 0 Å². The van der Waals surface area contributed by atoms with Gasteiger partial charge in [-0.05, 0) is 82.4 Å². The van der Waals surface area contributed by atoms with Gasteiger partial charge >= 0.3 is 0 Å². The molecule has 4 saturated carbocycles. The number of sulfonamides is 1. The maximum Gasteiger partial charge on any atom is 0.241 e. The predicted molar refractivity (Wildman–Crippen MR) is 115 cm³/mol. The molecule has 0 aromatic heterocycles. The first-order valence-corrected chi connectivity index (χ1v) is 12.3. The van der Waals surface area contributed by atoms with Gasteiger partial charge in [0.25, 0.3) is 0 Å². The van der Waals surface area contributed by atoms with Gasteiger partial charge in [-0.15, -0.1) is 0 Å². The number of amides is 2. The van der Waals surface area contributed by atoms with E-state index in [0.29, 0.717) is 18.3 Å². The third-order valence-corrected chi connectivity index (χ3v) is 9.01. The van der Waals surface area contributed by atoms with Crippen molar-refractivity contribution in [2.75, 3.05) is 7.11 Å². The van der Waals surface area contributed by atoms with Gasteiger partial charge in [-0.25, -0.2) is 12.8 Å². The number of nitrogens with two attached hydrogens (primary N) is 1. The molecule has 32 heavy (non-hydrogen) atoms. The maximum atomic E-state index is 14.0. The predicted octanol–water partition coefficient (Wildman–Crippen LogP) is 1.83. The Balaban J connectivity index is 1.53. The first kappa shape index (κ1) is 23.0. The fourth-order valence-corrected chi connectivity index (χ4v) is 7.74. The lowest BCUT2D eigenvalue weighted by molar-refractivity contribution is -0.151. The zero-order valence-corrected chi connectivity index (χ0v) is 19.4. The van der Waals surface area contributed by atoms with Gasteiger partial charge in [0.05, 0.1) is 17.4 Å². The summed E-state index contributed by atoms with van der Waals surface area (Å²) < 4.78 is 46.9. The first-order valence-electron chi connectivity index (χ1n) is 10.8. The maximum absolute atomic E-state index is 14.0. The first-order chi connectivity index (χ1) is 14.8. The number of ether oxygens (including phenoxy) is 1. The summed E-state index contributed by atoms with van der Waals surface area (Å²) in [4.78, 5) is 25.2. The van der Waals surface area contributed by atoms with E-state index in [9.17, 15) is 22.4 Å². The number of carbonyl (C=O) groups is 2. The zero-order chi connectivity index (χ0) is 23.5. The largest absolute Gasteiger partial charge is 0.494 e. The van der Waals surface area contributed by atoms with Crippen LogP contribution in [0.4, 0.5) is 4.39 Å². The average Bonchev–Trinajstić information content (AvgIpc) is 2.65.